The summed E-state index contributed by atoms with van der Waals surface area (Å²) in [6.07, 6.45) is 71.1. The van der Waals surface area contributed by atoms with E-state index in [4.69, 9.17) is 9.05 Å². The van der Waals surface area contributed by atoms with Crippen molar-refractivity contribution in [3.8, 4) is 0 Å². The lowest BCUT2D eigenvalue weighted by molar-refractivity contribution is -0.870. The van der Waals surface area contributed by atoms with Crippen molar-refractivity contribution in [1.82, 2.24) is 5.32 Å². The molecule has 8 nitrogen and oxygen atoms in total. The van der Waals surface area contributed by atoms with Crippen molar-refractivity contribution in [2.75, 3.05) is 40.9 Å². The van der Waals surface area contributed by atoms with Crippen molar-refractivity contribution < 1.29 is 32.9 Å². The van der Waals surface area contributed by atoms with Crippen molar-refractivity contribution in [3.63, 3.8) is 0 Å². The third-order valence-electron chi connectivity index (χ3n) is 15.0. The second-order valence-corrected chi connectivity index (χ2v) is 25.0. The number of hydrogen-bond donors (Lipinski definition) is 3. The second-order valence-electron chi connectivity index (χ2n) is 23.5. The number of carbonyl (C=O) groups is 1. The van der Waals surface area contributed by atoms with E-state index in [2.05, 4.69) is 43.5 Å². The molecular formula is C64H128N2O6P+. The lowest BCUT2D eigenvalue weighted by Gasteiger charge is -2.26. The van der Waals surface area contributed by atoms with Crippen molar-refractivity contribution >= 4 is 13.7 Å². The zero-order valence-corrected chi connectivity index (χ0v) is 50.5. The molecule has 0 aromatic rings. The molecule has 3 unspecified atom stereocenters. The van der Waals surface area contributed by atoms with Gasteiger partial charge in [-0.15, -0.1) is 0 Å². The molecule has 0 bridgehead atoms. The molecular weight excluding hydrogens is 924 g/mol. The molecule has 0 saturated carbocycles. The molecule has 73 heavy (non-hydrogen) atoms. The van der Waals surface area contributed by atoms with Gasteiger partial charge in [-0.2, -0.15) is 0 Å². The van der Waals surface area contributed by atoms with Crippen molar-refractivity contribution in [2.24, 2.45) is 0 Å². The molecule has 0 saturated heterocycles. The average molecular weight is 1050 g/mol. The lowest BCUT2D eigenvalue weighted by atomic mass is 10.0. The first kappa shape index (κ1) is 72.0. The smallest absolute Gasteiger partial charge is 0.391 e. The standard InChI is InChI=1S/C64H127N2O6P/c1-6-8-10-12-14-16-18-20-22-24-26-28-30-31-32-33-34-35-36-38-40-42-44-46-48-50-52-54-56-58-64(68)65-62(61-72-73(69,70)71-60-59-66(3,4)5)63(67)57-55-53-51-49-47-45-43-41-39-37-29-27-25-23-21-19-17-15-13-11-9-7-2/h18,20,24,26,62-63,67H,6-17,19,21-23,25,27-61H2,1-5H3,(H-,65,68,69,70)/p+1/b20-18-,26-24-. The fraction of sp³-hybridized carbons (Fsp3) is 0.922. The van der Waals surface area contributed by atoms with Crippen LogP contribution in [0.25, 0.3) is 0 Å². The predicted octanol–water partition coefficient (Wildman–Crippen LogP) is 19.9. The van der Waals surface area contributed by atoms with Gasteiger partial charge in [0.15, 0.2) is 0 Å². The number of likely N-dealkylation sites (N-methyl/N-ethyl adjacent to an activating group) is 1. The largest absolute Gasteiger partial charge is 0.472 e. The summed E-state index contributed by atoms with van der Waals surface area (Å²) in [7, 11) is 1.63. The summed E-state index contributed by atoms with van der Waals surface area (Å²) in [6.45, 7) is 4.93. The Balaban J connectivity index is 4.05. The highest BCUT2D eigenvalue weighted by atomic mass is 31.2. The number of aliphatic hydroxyl groups excluding tert-OH is 1. The maximum Gasteiger partial charge on any atom is 0.472 e. The molecule has 0 aliphatic rings. The molecule has 0 rings (SSSR count). The number of rotatable bonds is 60. The molecule has 0 aliphatic heterocycles. The highest BCUT2D eigenvalue weighted by Gasteiger charge is 2.28. The van der Waals surface area contributed by atoms with Crippen LogP contribution < -0.4 is 5.32 Å². The minimum Gasteiger partial charge on any atom is -0.391 e. The third kappa shape index (κ3) is 58.5. The maximum atomic E-state index is 13.0. The van der Waals surface area contributed by atoms with Crippen LogP contribution in [0.15, 0.2) is 24.3 Å². The van der Waals surface area contributed by atoms with Gasteiger partial charge >= 0.3 is 7.82 Å². The van der Waals surface area contributed by atoms with Crippen molar-refractivity contribution in [3.05, 3.63) is 24.3 Å². The Kier molecular flexibility index (Phi) is 54.9. The molecule has 0 spiro atoms. The molecule has 0 aromatic heterocycles. The minimum atomic E-state index is -4.32. The molecule has 9 heteroatoms. The number of unbranched alkanes of at least 4 members (excludes halogenated alkanes) is 43. The van der Waals surface area contributed by atoms with Gasteiger partial charge in [0.2, 0.25) is 5.91 Å². The number of carbonyl (C=O) groups excluding carboxylic acids is 1. The number of amides is 1. The molecule has 1 amide bonds. The summed E-state index contributed by atoms with van der Waals surface area (Å²) < 4.78 is 23.9. The molecule has 434 valence electrons. The Morgan fingerprint density at radius 3 is 1.12 bits per heavy atom. The second kappa shape index (κ2) is 55.7. The minimum absolute atomic E-state index is 0.0771. The van der Waals surface area contributed by atoms with E-state index < -0.39 is 20.0 Å². The van der Waals surface area contributed by atoms with E-state index in [1.165, 1.54) is 257 Å². The van der Waals surface area contributed by atoms with Gasteiger partial charge in [0, 0.05) is 6.42 Å². The molecule has 3 N–H and O–H groups in total. The van der Waals surface area contributed by atoms with Crippen LogP contribution in [-0.2, 0) is 18.4 Å². The highest BCUT2D eigenvalue weighted by molar-refractivity contribution is 7.47. The molecule has 3 atom stereocenters. The maximum absolute atomic E-state index is 13.0. The van der Waals surface area contributed by atoms with Gasteiger partial charge in [-0.05, 0) is 44.9 Å². The fourth-order valence-corrected chi connectivity index (χ4v) is 10.6. The number of phosphoric acid groups is 1. The number of allylic oxidation sites excluding steroid dienone is 4. The van der Waals surface area contributed by atoms with Crippen LogP contribution in [0.5, 0.6) is 0 Å². The van der Waals surface area contributed by atoms with Crippen LogP contribution >= 0.6 is 7.82 Å². The summed E-state index contributed by atoms with van der Waals surface area (Å²) in [5.74, 6) is -0.138. The number of phosphoric ester groups is 1. The van der Waals surface area contributed by atoms with E-state index in [0.29, 0.717) is 23.9 Å². The van der Waals surface area contributed by atoms with Crippen LogP contribution in [0.3, 0.4) is 0 Å². The summed E-state index contributed by atoms with van der Waals surface area (Å²) in [6, 6.07) is -0.759. The number of aliphatic hydroxyl groups is 1. The lowest BCUT2D eigenvalue weighted by Crippen LogP contribution is -2.46. The summed E-state index contributed by atoms with van der Waals surface area (Å²) >= 11 is 0. The van der Waals surface area contributed by atoms with Crippen LogP contribution in [0.2, 0.25) is 0 Å². The van der Waals surface area contributed by atoms with Crippen LogP contribution in [0, 0.1) is 0 Å². The Morgan fingerprint density at radius 1 is 0.466 bits per heavy atom. The quantitative estimate of drug-likeness (QED) is 0.0243. The normalized spacial score (nSPS) is 13.9. The topological polar surface area (TPSA) is 105 Å². The van der Waals surface area contributed by atoms with E-state index in [-0.39, 0.29) is 19.1 Å². The van der Waals surface area contributed by atoms with Gasteiger partial charge in [0.05, 0.1) is 39.9 Å². The van der Waals surface area contributed by atoms with Gasteiger partial charge in [0.25, 0.3) is 0 Å². The van der Waals surface area contributed by atoms with Gasteiger partial charge < -0.3 is 19.8 Å². The van der Waals surface area contributed by atoms with E-state index in [1.807, 2.05) is 21.1 Å². The van der Waals surface area contributed by atoms with Crippen LogP contribution in [0.4, 0.5) is 0 Å². The summed E-state index contributed by atoms with van der Waals surface area (Å²) in [5, 5.41) is 14.1. The number of hydrogen-bond acceptors (Lipinski definition) is 5. The number of quaternary nitrogens is 1. The first-order valence-electron chi connectivity index (χ1n) is 32.2. The van der Waals surface area contributed by atoms with Crippen LogP contribution in [-0.4, -0.2) is 73.4 Å². The Bertz CT molecular complexity index is 1240. The SMILES string of the molecule is CCCCCCC/C=C\C/C=C\CCCCCCCCCCCCCCCCCCCC(=O)NC(COP(=O)(O)OCC[N+](C)(C)C)C(O)CCCCCCCCCCCCCCCCCCCCCCCC. The first-order chi connectivity index (χ1) is 35.5. The average Bonchev–Trinajstić information content (AvgIpc) is 3.35. The predicted molar refractivity (Wildman–Crippen MR) is 318 cm³/mol. The molecule has 0 radical (unpaired) electrons. The Labute approximate surface area is 455 Å². The zero-order chi connectivity index (χ0) is 53.5. The summed E-state index contributed by atoms with van der Waals surface area (Å²) in [5.41, 5.74) is 0. The van der Waals surface area contributed by atoms with Gasteiger partial charge in [-0.25, -0.2) is 4.57 Å². The number of nitrogens with one attached hydrogen (secondary N) is 1. The molecule has 0 aliphatic carbocycles. The molecule has 0 fully saturated rings. The van der Waals surface area contributed by atoms with Gasteiger partial charge in [-0.1, -0.05) is 301 Å². The fourth-order valence-electron chi connectivity index (χ4n) is 9.90. The summed E-state index contributed by atoms with van der Waals surface area (Å²) in [4.78, 5) is 23.4. The van der Waals surface area contributed by atoms with E-state index in [1.54, 1.807) is 0 Å². The monoisotopic (exact) mass is 1050 g/mol. The zero-order valence-electron chi connectivity index (χ0n) is 49.7. The van der Waals surface area contributed by atoms with Crippen molar-refractivity contribution in [2.45, 2.75) is 341 Å². The Hall–Kier alpha value is -1.02. The first-order valence-corrected chi connectivity index (χ1v) is 33.7. The van der Waals surface area contributed by atoms with Gasteiger partial charge in [0.1, 0.15) is 13.2 Å². The van der Waals surface area contributed by atoms with Crippen molar-refractivity contribution in [1.29, 1.82) is 0 Å². The Morgan fingerprint density at radius 2 is 0.781 bits per heavy atom. The van der Waals surface area contributed by atoms with E-state index >= 15 is 0 Å². The molecule has 0 aromatic carbocycles. The molecule has 0 heterocycles. The van der Waals surface area contributed by atoms with Crippen LogP contribution in [0.1, 0.15) is 328 Å². The van der Waals surface area contributed by atoms with E-state index in [0.717, 1.165) is 44.9 Å². The number of nitrogens with zero attached hydrogens (tertiary/aromatic N) is 1. The van der Waals surface area contributed by atoms with Gasteiger partial charge in [-0.3, -0.25) is 13.8 Å². The van der Waals surface area contributed by atoms with E-state index in [9.17, 15) is 19.4 Å². The highest BCUT2D eigenvalue weighted by Crippen LogP contribution is 2.43. The third-order valence-corrected chi connectivity index (χ3v) is 15.9.